The first-order chi connectivity index (χ1) is 17.0. The molecule has 0 amide bonds. The predicted octanol–water partition coefficient (Wildman–Crippen LogP) is 7.74. The van der Waals surface area contributed by atoms with Crippen molar-refractivity contribution in [2.45, 2.75) is 65.7 Å². The number of hydrogen-bond donors (Lipinski definition) is 0. The normalized spacial score (nSPS) is 12.3. The van der Waals surface area contributed by atoms with Crippen LogP contribution in [0.15, 0.2) is 36.4 Å². The number of Topliss-reactive ketones (excluding diaryl/α,β-unsaturated/α-hetero) is 1. The third kappa shape index (κ3) is 7.58. The molecule has 0 spiro atoms. The minimum absolute atomic E-state index is 0.0443. The number of alkyl halides is 1. The highest BCUT2D eigenvalue weighted by Crippen LogP contribution is 2.30. The molecule has 5 nitrogen and oxygen atoms in total. The van der Waals surface area contributed by atoms with Crippen LogP contribution >= 0.6 is 34.3 Å². The number of benzene rings is 2. The highest BCUT2D eigenvalue weighted by atomic mass is 35.5. The lowest BCUT2D eigenvalue weighted by Crippen LogP contribution is -2.14. The highest BCUT2D eigenvalue weighted by molar-refractivity contribution is 7.18. The fourth-order valence-electron chi connectivity index (χ4n) is 3.88. The summed E-state index contributed by atoms with van der Waals surface area (Å²) >= 11 is 9.00. The molecule has 1 atom stereocenters. The first-order valence-corrected chi connectivity index (χ1v) is 14.1. The molecule has 2 aromatic carbocycles. The van der Waals surface area contributed by atoms with E-state index in [4.69, 9.17) is 16.3 Å². The Balaban J connectivity index is 0.000000221. The summed E-state index contributed by atoms with van der Waals surface area (Å²) in [6, 6.07) is 12.5. The molecular weight excluding hydrogens is 512 g/mol. The number of thiazole rings is 2. The maximum absolute atomic E-state index is 11.8. The average molecular weight is 545 g/mol. The molecule has 4 rings (SSSR count). The average Bonchev–Trinajstić information content (AvgIpc) is 3.37. The lowest BCUT2D eigenvalue weighted by Gasteiger charge is -2.18. The quantitative estimate of drug-likeness (QED) is 0.176. The second kappa shape index (κ2) is 12.3. The van der Waals surface area contributed by atoms with Gasteiger partial charge in [-0.3, -0.25) is 9.59 Å². The Hall–Kier alpha value is -2.35. The Bertz CT molecular complexity index is 1350. The number of aryl methyl sites for hydroxylation is 2. The van der Waals surface area contributed by atoms with Crippen LogP contribution < -0.4 is 0 Å². The van der Waals surface area contributed by atoms with E-state index in [9.17, 15) is 9.59 Å². The van der Waals surface area contributed by atoms with Gasteiger partial charge in [0.25, 0.3) is 0 Å². The van der Waals surface area contributed by atoms with E-state index in [1.165, 1.54) is 10.3 Å². The number of aromatic nitrogens is 2. The van der Waals surface area contributed by atoms with Gasteiger partial charge in [0.15, 0.2) is 0 Å². The molecule has 0 bridgehead atoms. The van der Waals surface area contributed by atoms with Crippen molar-refractivity contribution in [3.63, 3.8) is 0 Å². The third-order valence-electron chi connectivity index (χ3n) is 5.69. The van der Waals surface area contributed by atoms with Crippen molar-refractivity contribution in [2.24, 2.45) is 0 Å². The molecule has 2 heterocycles. The summed E-state index contributed by atoms with van der Waals surface area (Å²) in [7, 11) is 0. The first kappa shape index (κ1) is 28.2. The summed E-state index contributed by atoms with van der Waals surface area (Å²) in [5, 5.41) is 2.14. The van der Waals surface area contributed by atoms with Crippen LogP contribution in [-0.2, 0) is 19.7 Å². The fourth-order valence-corrected chi connectivity index (χ4v) is 5.66. The molecular formula is C28H33ClN2O3S2. The smallest absolute Gasteiger partial charge is 0.306 e. The van der Waals surface area contributed by atoms with Crippen LogP contribution in [-0.4, -0.2) is 34.2 Å². The minimum Gasteiger partial charge on any atom is -0.466 e. The largest absolute Gasteiger partial charge is 0.466 e. The van der Waals surface area contributed by atoms with E-state index >= 15 is 0 Å². The molecule has 4 aromatic rings. The van der Waals surface area contributed by atoms with E-state index in [1.54, 1.807) is 29.6 Å². The molecule has 0 N–H and O–H groups in total. The number of halogens is 1. The second-order valence-corrected chi connectivity index (χ2v) is 12.4. The zero-order valence-corrected chi connectivity index (χ0v) is 24.1. The maximum atomic E-state index is 11.8. The number of hydrogen-bond acceptors (Lipinski definition) is 7. The van der Waals surface area contributed by atoms with Crippen molar-refractivity contribution >= 4 is 66.5 Å². The monoisotopic (exact) mass is 544 g/mol. The van der Waals surface area contributed by atoms with Gasteiger partial charge in [-0.15, -0.1) is 34.3 Å². The van der Waals surface area contributed by atoms with Gasteiger partial charge < -0.3 is 4.74 Å². The van der Waals surface area contributed by atoms with E-state index in [2.05, 4.69) is 55.9 Å². The SMILES string of the molecule is CCOC(=O)CC(CC(=O)CCl)c1ccc2sc(C)nc2c1.Cc1nc2ccc(C(C)(C)C)cc2s1. The van der Waals surface area contributed by atoms with Crippen molar-refractivity contribution < 1.29 is 14.3 Å². The molecule has 0 saturated heterocycles. The summed E-state index contributed by atoms with van der Waals surface area (Å²) < 4.78 is 7.40. The van der Waals surface area contributed by atoms with Gasteiger partial charge in [-0.05, 0) is 61.6 Å². The first-order valence-electron chi connectivity index (χ1n) is 12.0. The molecule has 8 heteroatoms. The van der Waals surface area contributed by atoms with E-state index in [1.807, 2.05) is 25.1 Å². The van der Waals surface area contributed by atoms with E-state index in [-0.39, 0.29) is 41.8 Å². The van der Waals surface area contributed by atoms with Gasteiger partial charge in [-0.2, -0.15) is 0 Å². The number of fused-ring (bicyclic) bond motifs is 2. The Morgan fingerprint density at radius 3 is 2.25 bits per heavy atom. The van der Waals surface area contributed by atoms with Gasteiger partial charge in [0.1, 0.15) is 5.78 Å². The van der Waals surface area contributed by atoms with Crippen LogP contribution in [0.4, 0.5) is 0 Å². The Morgan fingerprint density at radius 2 is 1.61 bits per heavy atom. The number of ether oxygens (including phenoxy) is 1. The van der Waals surface area contributed by atoms with Crippen molar-refractivity contribution in [2.75, 3.05) is 12.5 Å². The standard InChI is InChI=1S/C16H18ClNO3S.C12H15NS/c1-3-21-16(20)8-12(6-13(19)9-17)11-4-5-15-14(7-11)18-10(2)22-15;1-8-13-10-6-5-9(12(2,3)4)7-11(10)14-8/h4-5,7,12H,3,6,8-9H2,1-2H3;5-7H,1-4H3. The molecule has 2 aromatic heterocycles. The molecule has 0 aliphatic heterocycles. The molecule has 0 aliphatic rings. The summed E-state index contributed by atoms with van der Waals surface area (Å²) in [6.45, 7) is 12.8. The molecule has 0 fully saturated rings. The topological polar surface area (TPSA) is 69.2 Å². The van der Waals surface area contributed by atoms with Crippen molar-refractivity contribution in [1.82, 2.24) is 9.97 Å². The summed E-state index contributed by atoms with van der Waals surface area (Å²) in [5.74, 6) is -0.649. The van der Waals surface area contributed by atoms with E-state index in [0.717, 1.165) is 31.3 Å². The highest BCUT2D eigenvalue weighted by Gasteiger charge is 2.21. The zero-order valence-electron chi connectivity index (χ0n) is 21.7. The Kier molecular flexibility index (Phi) is 9.61. The van der Waals surface area contributed by atoms with Gasteiger partial charge in [-0.1, -0.05) is 32.9 Å². The number of nitrogens with zero attached hydrogens (tertiary/aromatic N) is 2. The number of esters is 1. The number of ketones is 1. The fraction of sp³-hybridized carbons (Fsp3) is 0.429. The van der Waals surface area contributed by atoms with Crippen LogP contribution in [0.3, 0.4) is 0 Å². The van der Waals surface area contributed by atoms with Gasteiger partial charge in [0.2, 0.25) is 0 Å². The van der Waals surface area contributed by atoms with E-state index < -0.39 is 0 Å². The number of rotatable bonds is 7. The Labute approximate surface area is 225 Å². The van der Waals surface area contributed by atoms with Crippen molar-refractivity contribution in [3.8, 4) is 0 Å². The lowest BCUT2D eigenvalue weighted by atomic mass is 9.87. The summed E-state index contributed by atoms with van der Waals surface area (Å²) in [5.41, 5.74) is 4.55. The van der Waals surface area contributed by atoms with Gasteiger partial charge >= 0.3 is 5.97 Å². The van der Waals surface area contributed by atoms with Crippen LogP contribution in [0.5, 0.6) is 0 Å². The number of carbonyl (C=O) groups is 2. The van der Waals surface area contributed by atoms with Crippen LogP contribution in [0.2, 0.25) is 0 Å². The predicted molar refractivity (Wildman–Crippen MR) is 152 cm³/mol. The summed E-state index contributed by atoms with van der Waals surface area (Å²) in [4.78, 5) is 32.4. The second-order valence-electron chi connectivity index (χ2n) is 9.71. The van der Waals surface area contributed by atoms with E-state index in [0.29, 0.717) is 6.61 Å². The third-order valence-corrected chi connectivity index (χ3v) is 7.88. The minimum atomic E-state index is -0.301. The van der Waals surface area contributed by atoms with Crippen LogP contribution in [0.25, 0.3) is 20.4 Å². The van der Waals surface area contributed by atoms with Crippen LogP contribution in [0.1, 0.15) is 67.6 Å². The molecule has 1 unspecified atom stereocenters. The molecule has 0 saturated carbocycles. The molecule has 0 aliphatic carbocycles. The van der Waals surface area contributed by atoms with Crippen molar-refractivity contribution in [1.29, 1.82) is 0 Å². The van der Waals surface area contributed by atoms with Crippen LogP contribution in [0, 0.1) is 13.8 Å². The van der Waals surface area contributed by atoms with Crippen molar-refractivity contribution in [3.05, 3.63) is 57.5 Å². The lowest BCUT2D eigenvalue weighted by molar-refractivity contribution is -0.143. The summed E-state index contributed by atoms with van der Waals surface area (Å²) in [6.07, 6.45) is 0.405. The van der Waals surface area contributed by atoms with Gasteiger partial charge in [0, 0.05) is 12.3 Å². The molecule has 0 radical (unpaired) electrons. The van der Waals surface area contributed by atoms with Gasteiger partial charge in [-0.25, -0.2) is 9.97 Å². The van der Waals surface area contributed by atoms with Gasteiger partial charge in [0.05, 0.1) is 49.4 Å². The number of carbonyl (C=O) groups excluding carboxylic acids is 2. The molecule has 192 valence electrons. The maximum Gasteiger partial charge on any atom is 0.306 e. The zero-order chi connectivity index (χ0) is 26.5. The Morgan fingerprint density at radius 1 is 0.944 bits per heavy atom. The molecule has 36 heavy (non-hydrogen) atoms.